The second-order valence-electron chi connectivity index (χ2n) is 5.53. The number of ether oxygens (including phenoxy) is 1. The molecule has 0 spiro atoms. The minimum absolute atomic E-state index is 0.234. The van der Waals surface area contributed by atoms with E-state index in [2.05, 4.69) is 41.9 Å². The van der Waals surface area contributed by atoms with Gasteiger partial charge in [0.1, 0.15) is 5.60 Å². The summed E-state index contributed by atoms with van der Waals surface area (Å²) in [4.78, 5) is 0. The smallest absolute Gasteiger partial charge is 0.102 e. The molecule has 15 heavy (non-hydrogen) atoms. The van der Waals surface area contributed by atoms with Crippen molar-refractivity contribution >= 4 is 15.9 Å². The number of rotatable bonds is 0. The second-order valence-corrected chi connectivity index (χ2v) is 6.95. The molecule has 2 aliphatic heterocycles. The number of hydrogen-bond donors (Lipinski definition) is 1. The summed E-state index contributed by atoms with van der Waals surface area (Å²) < 4.78 is 5.91. The van der Waals surface area contributed by atoms with E-state index in [4.69, 9.17) is 4.74 Å². The number of fused-ring (bicyclic) bond motifs is 6. The molecule has 3 heteroatoms. The predicted octanol–water partition coefficient (Wildman–Crippen LogP) is 2.40. The van der Waals surface area contributed by atoms with Crippen molar-refractivity contribution in [1.82, 2.24) is 0 Å². The van der Waals surface area contributed by atoms with Crippen LogP contribution < -0.4 is 0 Å². The summed E-state index contributed by atoms with van der Waals surface area (Å²) in [6, 6.07) is 0. The standard InChI is InChI=1S/C12H17BrO2/c1-10-6-7-11(2,15-10)12(13)5-3-4-8(10)9(12)14/h6-9,14H,3-5H2,1-2H3. The molecule has 0 aromatic rings. The van der Waals surface area contributed by atoms with Gasteiger partial charge in [-0.15, -0.1) is 0 Å². The van der Waals surface area contributed by atoms with E-state index in [1.54, 1.807) is 0 Å². The summed E-state index contributed by atoms with van der Waals surface area (Å²) in [6.07, 6.45) is 7.20. The van der Waals surface area contributed by atoms with E-state index in [9.17, 15) is 5.11 Å². The molecule has 5 atom stereocenters. The van der Waals surface area contributed by atoms with Crippen LogP contribution in [-0.4, -0.2) is 26.7 Å². The zero-order chi connectivity index (χ0) is 10.9. The van der Waals surface area contributed by atoms with Gasteiger partial charge in [0.15, 0.2) is 0 Å². The fourth-order valence-electron chi connectivity index (χ4n) is 3.62. The SMILES string of the molecule is CC12C=CC(C)(O1)C1(Br)CCCC2C1O. The molecule has 0 aromatic carbocycles. The molecule has 0 amide bonds. The first-order valence-corrected chi connectivity index (χ1v) is 6.48. The molecule has 3 rings (SSSR count). The zero-order valence-electron chi connectivity index (χ0n) is 9.16. The van der Waals surface area contributed by atoms with Crippen LogP contribution in [0, 0.1) is 5.92 Å². The summed E-state index contributed by atoms with van der Waals surface area (Å²) in [5.74, 6) is 0.234. The average Bonchev–Trinajstić information content (AvgIpc) is 2.48. The van der Waals surface area contributed by atoms with Crippen molar-refractivity contribution in [3.8, 4) is 0 Å². The van der Waals surface area contributed by atoms with Crippen LogP contribution >= 0.6 is 15.9 Å². The average molecular weight is 273 g/mol. The predicted molar refractivity (Wildman–Crippen MR) is 62.0 cm³/mol. The highest BCUT2D eigenvalue weighted by molar-refractivity contribution is 9.10. The molecular formula is C12H17BrO2. The normalized spacial score (nSPS) is 62.1. The van der Waals surface area contributed by atoms with Crippen molar-refractivity contribution in [1.29, 1.82) is 0 Å². The van der Waals surface area contributed by atoms with Crippen molar-refractivity contribution in [3.63, 3.8) is 0 Å². The lowest BCUT2D eigenvalue weighted by atomic mass is 9.66. The van der Waals surface area contributed by atoms with Crippen molar-refractivity contribution in [2.24, 2.45) is 5.92 Å². The van der Waals surface area contributed by atoms with Crippen LogP contribution in [0.2, 0.25) is 0 Å². The van der Waals surface area contributed by atoms with Crippen LogP contribution in [-0.2, 0) is 4.74 Å². The Kier molecular flexibility index (Phi) is 1.85. The van der Waals surface area contributed by atoms with Crippen LogP contribution in [0.5, 0.6) is 0 Å². The highest BCUT2D eigenvalue weighted by Gasteiger charge is 2.66. The summed E-state index contributed by atoms with van der Waals surface area (Å²) >= 11 is 3.76. The van der Waals surface area contributed by atoms with Gasteiger partial charge >= 0.3 is 0 Å². The molecule has 1 N–H and O–H groups in total. The Bertz CT molecular complexity index is 343. The third-order valence-corrected chi connectivity index (χ3v) is 6.28. The number of hydrogen-bond acceptors (Lipinski definition) is 2. The fourth-order valence-corrected chi connectivity index (χ4v) is 4.43. The number of halogens is 1. The third kappa shape index (κ3) is 1.02. The van der Waals surface area contributed by atoms with E-state index in [1.807, 2.05) is 0 Å². The molecule has 84 valence electrons. The Morgan fingerprint density at radius 3 is 2.87 bits per heavy atom. The summed E-state index contributed by atoms with van der Waals surface area (Å²) in [6.45, 7) is 4.18. The Morgan fingerprint density at radius 2 is 2.13 bits per heavy atom. The molecule has 1 aliphatic carbocycles. The summed E-state index contributed by atoms with van der Waals surface area (Å²) in [5.41, 5.74) is -0.607. The molecule has 1 saturated carbocycles. The van der Waals surface area contributed by atoms with Gasteiger partial charge in [-0.05, 0) is 26.7 Å². The molecule has 1 saturated heterocycles. The van der Waals surface area contributed by atoms with Gasteiger partial charge in [-0.1, -0.05) is 34.5 Å². The van der Waals surface area contributed by atoms with Gasteiger partial charge in [-0.3, -0.25) is 0 Å². The van der Waals surface area contributed by atoms with Crippen LogP contribution in [0.25, 0.3) is 0 Å². The van der Waals surface area contributed by atoms with E-state index >= 15 is 0 Å². The highest BCUT2D eigenvalue weighted by atomic mass is 79.9. The maximum Gasteiger partial charge on any atom is 0.102 e. The molecule has 5 unspecified atom stereocenters. The Hall–Kier alpha value is 0.140. The topological polar surface area (TPSA) is 29.5 Å². The van der Waals surface area contributed by atoms with Crippen molar-refractivity contribution in [2.45, 2.75) is 54.7 Å². The van der Waals surface area contributed by atoms with Crippen LogP contribution in [0.4, 0.5) is 0 Å². The Morgan fingerprint density at radius 1 is 1.40 bits per heavy atom. The van der Waals surface area contributed by atoms with Gasteiger partial charge in [-0.25, -0.2) is 0 Å². The highest BCUT2D eigenvalue weighted by Crippen LogP contribution is 2.60. The fraction of sp³-hybridized carbons (Fsp3) is 0.833. The van der Waals surface area contributed by atoms with Crippen LogP contribution in [0.15, 0.2) is 12.2 Å². The molecule has 3 aliphatic rings. The van der Waals surface area contributed by atoms with E-state index in [0.29, 0.717) is 0 Å². The lowest BCUT2D eigenvalue weighted by Gasteiger charge is -2.58. The Labute approximate surface area is 98.8 Å². The van der Waals surface area contributed by atoms with Gasteiger partial charge in [0.2, 0.25) is 0 Å². The van der Waals surface area contributed by atoms with Gasteiger partial charge in [0.25, 0.3) is 0 Å². The van der Waals surface area contributed by atoms with Crippen LogP contribution in [0.1, 0.15) is 33.1 Å². The first-order valence-electron chi connectivity index (χ1n) is 5.69. The first-order chi connectivity index (χ1) is 6.91. The maximum absolute atomic E-state index is 10.5. The van der Waals surface area contributed by atoms with E-state index in [-0.39, 0.29) is 27.5 Å². The third-order valence-electron chi connectivity index (χ3n) is 4.63. The second kappa shape index (κ2) is 2.69. The summed E-state index contributed by atoms with van der Waals surface area (Å²) in [7, 11) is 0. The van der Waals surface area contributed by atoms with Crippen molar-refractivity contribution < 1.29 is 9.84 Å². The lowest BCUT2D eigenvalue weighted by molar-refractivity contribution is -0.214. The monoisotopic (exact) mass is 272 g/mol. The van der Waals surface area contributed by atoms with Gasteiger partial charge in [0, 0.05) is 5.92 Å². The quantitative estimate of drug-likeness (QED) is 0.542. The van der Waals surface area contributed by atoms with E-state index in [0.717, 1.165) is 12.8 Å². The van der Waals surface area contributed by atoms with Crippen LogP contribution in [0.3, 0.4) is 0 Å². The van der Waals surface area contributed by atoms with Crippen molar-refractivity contribution in [3.05, 3.63) is 12.2 Å². The molecular weight excluding hydrogens is 256 g/mol. The molecule has 0 radical (unpaired) electrons. The van der Waals surface area contributed by atoms with Gasteiger partial charge < -0.3 is 9.84 Å². The van der Waals surface area contributed by atoms with E-state index in [1.165, 1.54) is 6.42 Å². The molecule has 4 bridgehead atoms. The largest absolute Gasteiger partial charge is 0.391 e. The minimum atomic E-state index is -0.349. The van der Waals surface area contributed by atoms with Gasteiger partial charge in [-0.2, -0.15) is 0 Å². The number of aliphatic hydroxyl groups excluding tert-OH is 1. The van der Waals surface area contributed by atoms with Crippen molar-refractivity contribution in [2.75, 3.05) is 0 Å². The molecule has 2 nitrogen and oxygen atoms in total. The zero-order valence-corrected chi connectivity index (χ0v) is 10.8. The number of alkyl halides is 1. The molecule has 2 fully saturated rings. The first kappa shape index (κ1) is 10.3. The lowest BCUT2D eigenvalue weighted by Crippen LogP contribution is -2.67. The number of aliphatic hydroxyl groups is 1. The minimum Gasteiger partial charge on any atom is -0.391 e. The summed E-state index contributed by atoms with van der Waals surface area (Å²) in [5, 5.41) is 10.5. The Balaban J connectivity index is 2.15. The van der Waals surface area contributed by atoms with E-state index < -0.39 is 0 Å². The molecule has 2 heterocycles. The molecule has 0 aromatic heterocycles. The maximum atomic E-state index is 10.5. The van der Waals surface area contributed by atoms with Gasteiger partial charge in [0.05, 0.1) is 16.0 Å².